The van der Waals surface area contributed by atoms with Crippen molar-refractivity contribution in [3.8, 4) is 0 Å². The summed E-state index contributed by atoms with van der Waals surface area (Å²) in [5.74, 6) is -0.861. The summed E-state index contributed by atoms with van der Waals surface area (Å²) in [7, 11) is 1.48. The molecule has 92 valence electrons. The minimum Gasteiger partial charge on any atom is -0.354 e. The Bertz CT molecular complexity index is 565. The molecule has 2 heterocycles. The van der Waals surface area contributed by atoms with Crippen molar-refractivity contribution in [1.82, 2.24) is 25.5 Å². The van der Waals surface area contributed by atoms with Crippen LogP contribution in [0.5, 0.6) is 0 Å². The van der Waals surface area contributed by atoms with Crippen LogP contribution in [0.4, 0.5) is 5.69 Å². The van der Waals surface area contributed by atoms with E-state index < -0.39 is 11.8 Å². The minimum absolute atomic E-state index is 0.106. The summed E-state index contributed by atoms with van der Waals surface area (Å²) in [6.07, 6.45) is 5.61. The van der Waals surface area contributed by atoms with Crippen molar-refractivity contribution in [2.75, 3.05) is 12.4 Å². The fraction of sp³-hybridized carbons (Fsp3) is 0.100. The Morgan fingerprint density at radius 3 is 2.78 bits per heavy atom. The molecule has 0 fully saturated rings. The Balaban J connectivity index is 2.18. The average Bonchev–Trinajstić information content (AvgIpc) is 2.87. The molecule has 2 amide bonds. The van der Waals surface area contributed by atoms with Crippen LogP contribution in [0.3, 0.4) is 0 Å². The highest BCUT2D eigenvalue weighted by Gasteiger charge is 2.16. The lowest BCUT2D eigenvalue weighted by molar-refractivity contribution is 0.0959. The molecule has 2 aromatic rings. The SMILES string of the molecule is CNC(=O)c1n[nH]cc1NC(=O)c1cnccn1. The highest BCUT2D eigenvalue weighted by Crippen LogP contribution is 2.12. The molecule has 0 bridgehead atoms. The van der Waals surface area contributed by atoms with Gasteiger partial charge in [-0.15, -0.1) is 0 Å². The first-order valence-electron chi connectivity index (χ1n) is 5.05. The van der Waals surface area contributed by atoms with E-state index in [1.54, 1.807) is 0 Å². The zero-order valence-electron chi connectivity index (χ0n) is 9.47. The van der Waals surface area contributed by atoms with Gasteiger partial charge in [-0.1, -0.05) is 0 Å². The van der Waals surface area contributed by atoms with Gasteiger partial charge in [0.05, 0.1) is 11.9 Å². The van der Waals surface area contributed by atoms with Gasteiger partial charge in [0.25, 0.3) is 11.8 Å². The summed E-state index contributed by atoms with van der Waals surface area (Å²) in [6, 6.07) is 0. The van der Waals surface area contributed by atoms with Crippen molar-refractivity contribution in [3.63, 3.8) is 0 Å². The van der Waals surface area contributed by atoms with Crippen molar-refractivity contribution in [2.24, 2.45) is 0 Å². The van der Waals surface area contributed by atoms with Crippen LogP contribution in [-0.4, -0.2) is 39.0 Å². The molecule has 0 saturated heterocycles. The van der Waals surface area contributed by atoms with Gasteiger partial charge in [-0.2, -0.15) is 5.10 Å². The number of hydrogen-bond acceptors (Lipinski definition) is 5. The lowest BCUT2D eigenvalue weighted by atomic mass is 10.3. The van der Waals surface area contributed by atoms with Gasteiger partial charge >= 0.3 is 0 Å². The fourth-order valence-corrected chi connectivity index (χ4v) is 1.28. The molecule has 8 heteroatoms. The number of anilines is 1. The molecule has 0 atom stereocenters. The van der Waals surface area contributed by atoms with Crippen LogP contribution in [0.25, 0.3) is 0 Å². The van der Waals surface area contributed by atoms with E-state index in [0.29, 0.717) is 0 Å². The molecule has 8 nitrogen and oxygen atoms in total. The van der Waals surface area contributed by atoms with Gasteiger partial charge in [0.1, 0.15) is 5.69 Å². The second-order valence-electron chi connectivity index (χ2n) is 3.27. The topological polar surface area (TPSA) is 113 Å². The zero-order valence-corrected chi connectivity index (χ0v) is 9.47. The van der Waals surface area contributed by atoms with E-state index in [0.717, 1.165) is 0 Å². The van der Waals surface area contributed by atoms with Crippen LogP contribution in [0, 0.1) is 0 Å². The van der Waals surface area contributed by atoms with E-state index in [1.807, 2.05) is 0 Å². The van der Waals surface area contributed by atoms with E-state index in [1.165, 1.54) is 31.8 Å². The van der Waals surface area contributed by atoms with Gasteiger partial charge in [-0.05, 0) is 0 Å². The largest absolute Gasteiger partial charge is 0.354 e. The summed E-state index contributed by atoms with van der Waals surface area (Å²) in [5, 5.41) is 11.2. The van der Waals surface area contributed by atoms with Gasteiger partial charge in [0.2, 0.25) is 0 Å². The molecule has 0 saturated carbocycles. The van der Waals surface area contributed by atoms with Crippen LogP contribution in [0.15, 0.2) is 24.8 Å². The van der Waals surface area contributed by atoms with Gasteiger partial charge < -0.3 is 10.6 Å². The molecule has 0 aliphatic carbocycles. The van der Waals surface area contributed by atoms with Crippen LogP contribution < -0.4 is 10.6 Å². The van der Waals surface area contributed by atoms with Crippen molar-refractivity contribution in [1.29, 1.82) is 0 Å². The standard InChI is InChI=1S/C10H10N6O2/c1-11-10(18)8-6(5-14-16-8)15-9(17)7-4-12-2-3-13-7/h2-5H,1H3,(H,11,18)(H,14,16)(H,15,17). The Kier molecular flexibility index (Phi) is 3.28. The maximum atomic E-state index is 11.8. The molecule has 18 heavy (non-hydrogen) atoms. The van der Waals surface area contributed by atoms with Crippen molar-refractivity contribution in [2.45, 2.75) is 0 Å². The lowest BCUT2D eigenvalue weighted by Gasteiger charge is -2.03. The highest BCUT2D eigenvalue weighted by atomic mass is 16.2. The number of carbonyl (C=O) groups is 2. The third-order valence-electron chi connectivity index (χ3n) is 2.13. The number of nitrogens with one attached hydrogen (secondary N) is 3. The van der Waals surface area contributed by atoms with Crippen molar-refractivity contribution < 1.29 is 9.59 Å². The summed E-state index contributed by atoms with van der Waals surface area (Å²) < 4.78 is 0. The summed E-state index contributed by atoms with van der Waals surface area (Å²) in [4.78, 5) is 30.9. The van der Waals surface area contributed by atoms with E-state index >= 15 is 0 Å². The Labute approximate surface area is 102 Å². The number of rotatable bonds is 3. The maximum Gasteiger partial charge on any atom is 0.275 e. The van der Waals surface area contributed by atoms with E-state index in [2.05, 4.69) is 30.8 Å². The molecule has 0 spiro atoms. The summed E-state index contributed by atoms with van der Waals surface area (Å²) in [6.45, 7) is 0. The van der Waals surface area contributed by atoms with Crippen molar-refractivity contribution >= 4 is 17.5 Å². The normalized spacial score (nSPS) is 9.83. The average molecular weight is 246 g/mol. The van der Waals surface area contributed by atoms with Crippen LogP contribution in [0.2, 0.25) is 0 Å². The van der Waals surface area contributed by atoms with Gasteiger partial charge in [-0.25, -0.2) is 4.98 Å². The highest BCUT2D eigenvalue weighted by molar-refractivity contribution is 6.07. The number of nitrogens with zero attached hydrogens (tertiary/aromatic N) is 3. The fourth-order valence-electron chi connectivity index (χ4n) is 1.28. The lowest BCUT2D eigenvalue weighted by Crippen LogP contribution is -2.21. The zero-order chi connectivity index (χ0) is 13.0. The molecule has 2 rings (SSSR count). The Hall–Kier alpha value is -2.77. The molecule has 2 aromatic heterocycles. The van der Waals surface area contributed by atoms with E-state index in [4.69, 9.17) is 0 Å². The Morgan fingerprint density at radius 1 is 1.28 bits per heavy atom. The first-order valence-corrected chi connectivity index (χ1v) is 5.05. The third kappa shape index (κ3) is 2.32. The quantitative estimate of drug-likeness (QED) is 0.694. The van der Waals surface area contributed by atoms with Crippen LogP contribution in [0.1, 0.15) is 21.0 Å². The molecule has 0 aromatic carbocycles. The number of H-pyrrole nitrogens is 1. The van der Waals surface area contributed by atoms with E-state index in [9.17, 15) is 9.59 Å². The first kappa shape index (κ1) is 11.7. The number of amides is 2. The van der Waals surface area contributed by atoms with Crippen LogP contribution >= 0.6 is 0 Å². The summed E-state index contributed by atoms with van der Waals surface area (Å²) in [5.41, 5.74) is 0.543. The van der Waals surface area contributed by atoms with Crippen molar-refractivity contribution in [3.05, 3.63) is 36.2 Å². The molecule has 3 N–H and O–H groups in total. The third-order valence-corrected chi connectivity index (χ3v) is 2.13. The smallest absolute Gasteiger partial charge is 0.275 e. The molecule has 0 aliphatic rings. The maximum absolute atomic E-state index is 11.8. The number of carbonyl (C=O) groups excluding carboxylic acids is 2. The number of hydrogen-bond donors (Lipinski definition) is 3. The second-order valence-corrected chi connectivity index (χ2v) is 3.27. The van der Waals surface area contributed by atoms with Crippen LogP contribution in [-0.2, 0) is 0 Å². The molecular formula is C10H10N6O2. The monoisotopic (exact) mass is 246 g/mol. The van der Waals surface area contributed by atoms with Gasteiger partial charge in [0.15, 0.2) is 5.69 Å². The minimum atomic E-state index is -0.463. The second kappa shape index (κ2) is 5.04. The van der Waals surface area contributed by atoms with E-state index in [-0.39, 0.29) is 17.1 Å². The van der Waals surface area contributed by atoms with Gasteiger partial charge in [-0.3, -0.25) is 19.7 Å². The molecular weight excluding hydrogens is 236 g/mol. The number of aromatic amines is 1. The Morgan fingerprint density at radius 2 is 2.11 bits per heavy atom. The summed E-state index contributed by atoms with van der Waals surface area (Å²) >= 11 is 0. The van der Waals surface area contributed by atoms with Gasteiger partial charge in [0, 0.05) is 25.6 Å². The molecule has 0 unspecified atom stereocenters. The predicted molar refractivity (Wildman–Crippen MR) is 62.0 cm³/mol. The molecule has 0 radical (unpaired) electrons. The molecule has 0 aliphatic heterocycles. The predicted octanol–water partition coefficient (Wildman–Crippen LogP) is -0.188. The number of aromatic nitrogens is 4. The first-order chi connectivity index (χ1) is 8.72.